The lowest BCUT2D eigenvalue weighted by atomic mass is 10.2. The summed E-state index contributed by atoms with van der Waals surface area (Å²) in [4.78, 5) is 16.9. The summed E-state index contributed by atoms with van der Waals surface area (Å²) in [7, 11) is 0. The lowest BCUT2D eigenvalue weighted by Crippen LogP contribution is -2.17. The van der Waals surface area contributed by atoms with Crippen LogP contribution in [0.1, 0.15) is 5.56 Å². The number of hydrogen-bond donors (Lipinski definition) is 0. The predicted octanol–water partition coefficient (Wildman–Crippen LogP) is 3.12. The fourth-order valence-corrected chi connectivity index (χ4v) is 2.66. The highest BCUT2D eigenvalue weighted by atomic mass is 35.5. The van der Waals surface area contributed by atoms with Crippen molar-refractivity contribution in [1.82, 2.24) is 19.4 Å². The second kappa shape index (κ2) is 6.33. The van der Waals surface area contributed by atoms with Gasteiger partial charge in [-0.25, -0.2) is 9.67 Å². The van der Waals surface area contributed by atoms with Gasteiger partial charge >= 0.3 is 0 Å². The fraction of sp³-hybridized carbons (Fsp3) is 0. The topological polar surface area (TPSA) is 65.1 Å². The van der Waals surface area contributed by atoms with Gasteiger partial charge in [0.2, 0.25) is 0 Å². The van der Waals surface area contributed by atoms with Gasteiger partial charge in [0.1, 0.15) is 11.7 Å². The molecule has 0 amide bonds. The number of halogens is 1. The van der Waals surface area contributed by atoms with Crippen LogP contribution in [0.4, 0.5) is 0 Å². The second-order valence-corrected chi connectivity index (χ2v) is 5.76. The van der Waals surface area contributed by atoms with E-state index in [9.17, 15) is 4.79 Å². The first-order valence-corrected chi connectivity index (χ1v) is 7.91. The first-order chi connectivity index (χ1) is 12.2. The summed E-state index contributed by atoms with van der Waals surface area (Å²) in [6.45, 7) is 0. The number of nitrogens with zero attached hydrogens (tertiary/aromatic N) is 5. The molecular formula is C18H12ClN5O. The van der Waals surface area contributed by atoms with E-state index in [1.807, 2.05) is 42.5 Å². The van der Waals surface area contributed by atoms with Crippen LogP contribution in [-0.4, -0.2) is 25.7 Å². The zero-order valence-corrected chi connectivity index (χ0v) is 13.7. The van der Waals surface area contributed by atoms with Gasteiger partial charge in [-0.05, 0) is 29.8 Å². The second-order valence-electron chi connectivity index (χ2n) is 5.32. The van der Waals surface area contributed by atoms with E-state index < -0.39 is 0 Å². The summed E-state index contributed by atoms with van der Waals surface area (Å²) >= 11 is 5.94. The van der Waals surface area contributed by atoms with E-state index in [-0.39, 0.29) is 5.56 Å². The Bertz CT molecular complexity index is 1130. The van der Waals surface area contributed by atoms with Gasteiger partial charge in [-0.1, -0.05) is 41.9 Å². The predicted molar refractivity (Wildman–Crippen MR) is 97.6 cm³/mol. The van der Waals surface area contributed by atoms with Gasteiger partial charge in [-0.15, -0.1) is 0 Å². The van der Waals surface area contributed by atoms with Crippen molar-refractivity contribution in [2.24, 2.45) is 5.10 Å². The molecular weight excluding hydrogens is 338 g/mol. The summed E-state index contributed by atoms with van der Waals surface area (Å²) in [5.41, 5.74) is 1.83. The molecule has 0 aliphatic heterocycles. The minimum Gasteiger partial charge on any atom is -0.266 e. The average Bonchev–Trinajstić information content (AvgIpc) is 3.07. The Morgan fingerprint density at radius 2 is 1.92 bits per heavy atom. The van der Waals surface area contributed by atoms with Gasteiger partial charge in [-0.3, -0.25) is 4.79 Å². The third kappa shape index (κ3) is 2.95. The normalized spacial score (nSPS) is 11.4. The van der Waals surface area contributed by atoms with Crippen molar-refractivity contribution < 1.29 is 0 Å². The van der Waals surface area contributed by atoms with Gasteiger partial charge in [-0.2, -0.15) is 14.9 Å². The van der Waals surface area contributed by atoms with Gasteiger partial charge < -0.3 is 0 Å². The minimum atomic E-state index is -0.287. The Kier molecular flexibility index (Phi) is 3.87. The number of para-hydroxylation sites is 1. The van der Waals surface area contributed by atoms with Crippen LogP contribution < -0.4 is 5.56 Å². The Hall–Kier alpha value is -3.25. The Labute approximate surface area is 147 Å². The lowest BCUT2D eigenvalue weighted by molar-refractivity contribution is 0.809. The van der Waals surface area contributed by atoms with Crippen LogP contribution in [0.15, 0.2) is 77.0 Å². The van der Waals surface area contributed by atoms with Gasteiger partial charge in [0.25, 0.3) is 5.56 Å². The molecule has 0 spiro atoms. The molecule has 4 aromatic rings. The summed E-state index contributed by atoms with van der Waals surface area (Å²) in [5, 5.41) is 9.44. The van der Waals surface area contributed by atoms with E-state index in [1.165, 1.54) is 17.2 Å². The molecule has 0 radical (unpaired) electrons. The van der Waals surface area contributed by atoms with Crippen LogP contribution in [-0.2, 0) is 0 Å². The van der Waals surface area contributed by atoms with Crippen molar-refractivity contribution in [1.29, 1.82) is 0 Å². The van der Waals surface area contributed by atoms with Crippen LogP contribution in [0.2, 0.25) is 5.02 Å². The highest BCUT2D eigenvalue weighted by Crippen LogP contribution is 2.13. The number of aromatic nitrogens is 4. The zero-order valence-electron chi connectivity index (χ0n) is 13.0. The van der Waals surface area contributed by atoms with Gasteiger partial charge in [0.05, 0.1) is 18.1 Å². The molecule has 7 heteroatoms. The smallest absolute Gasteiger partial charge is 0.266 e. The molecule has 0 saturated heterocycles. The van der Waals surface area contributed by atoms with Crippen molar-refractivity contribution in [3.63, 3.8) is 0 Å². The first kappa shape index (κ1) is 15.3. The van der Waals surface area contributed by atoms with E-state index in [0.29, 0.717) is 16.1 Å². The number of rotatable bonds is 3. The van der Waals surface area contributed by atoms with Gasteiger partial charge in [0.15, 0.2) is 5.65 Å². The minimum absolute atomic E-state index is 0.287. The third-order valence-electron chi connectivity index (χ3n) is 3.65. The molecule has 0 bridgehead atoms. The van der Waals surface area contributed by atoms with E-state index in [1.54, 1.807) is 23.0 Å². The molecule has 4 rings (SSSR count). The molecule has 2 aromatic carbocycles. The van der Waals surface area contributed by atoms with Crippen molar-refractivity contribution in [2.75, 3.05) is 0 Å². The highest BCUT2D eigenvalue weighted by molar-refractivity contribution is 6.30. The van der Waals surface area contributed by atoms with E-state index in [2.05, 4.69) is 15.2 Å². The molecule has 6 nitrogen and oxygen atoms in total. The number of fused-ring (bicyclic) bond motifs is 1. The van der Waals surface area contributed by atoms with Crippen LogP contribution in [0.3, 0.4) is 0 Å². The largest absolute Gasteiger partial charge is 0.285 e. The van der Waals surface area contributed by atoms with Crippen molar-refractivity contribution in [2.45, 2.75) is 0 Å². The molecule has 2 heterocycles. The molecule has 0 fully saturated rings. The van der Waals surface area contributed by atoms with Crippen LogP contribution >= 0.6 is 11.6 Å². The summed E-state index contributed by atoms with van der Waals surface area (Å²) in [5.74, 6) is 0. The van der Waals surface area contributed by atoms with Crippen LogP contribution in [0, 0.1) is 0 Å². The average molecular weight is 350 g/mol. The lowest BCUT2D eigenvalue weighted by Gasteiger charge is -2.02. The molecule has 0 atom stereocenters. The molecule has 0 saturated carbocycles. The van der Waals surface area contributed by atoms with Gasteiger partial charge in [0, 0.05) is 5.02 Å². The maximum Gasteiger partial charge on any atom is 0.285 e. The highest BCUT2D eigenvalue weighted by Gasteiger charge is 2.10. The molecule has 0 aliphatic rings. The summed E-state index contributed by atoms with van der Waals surface area (Å²) in [6, 6.07) is 16.7. The number of hydrogen-bond acceptors (Lipinski definition) is 4. The molecule has 2 aromatic heterocycles. The van der Waals surface area contributed by atoms with Crippen molar-refractivity contribution in [3.8, 4) is 5.69 Å². The third-order valence-corrected chi connectivity index (χ3v) is 3.89. The summed E-state index contributed by atoms with van der Waals surface area (Å²) in [6.07, 6.45) is 4.44. The maximum absolute atomic E-state index is 12.6. The standard InChI is InChI=1S/C18H12ClN5O/c19-14-6-4-5-13(9-14)10-21-23-12-20-17-16(18(23)25)11-22-24(17)15-7-2-1-3-8-15/h1-12H/b21-10-. The Balaban J connectivity index is 1.76. The molecule has 0 N–H and O–H groups in total. The molecule has 0 aliphatic carbocycles. The molecule has 122 valence electrons. The monoisotopic (exact) mass is 349 g/mol. The fourth-order valence-electron chi connectivity index (χ4n) is 2.46. The van der Waals surface area contributed by atoms with E-state index in [0.717, 1.165) is 11.3 Å². The quantitative estimate of drug-likeness (QED) is 0.534. The SMILES string of the molecule is O=c1c2cnn(-c3ccccc3)c2ncn1/N=C\c1cccc(Cl)c1. The van der Waals surface area contributed by atoms with Crippen LogP contribution in [0.25, 0.3) is 16.7 Å². The van der Waals surface area contributed by atoms with Crippen molar-refractivity contribution >= 4 is 28.8 Å². The Morgan fingerprint density at radius 3 is 2.72 bits per heavy atom. The Morgan fingerprint density at radius 1 is 1.08 bits per heavy atom. The first-order valence-electron chi connectivity index (χ1n) is 7.53. The maximum atomic E-state index is 12.6. The van der Waals surface area contributed by atoms with E-state index >= 15 is 0 Å². The summed E-state index contributed by atoms with van der Waals surface area (Å²) < 4.78 is 2.81. The molecule has 0 unspecified atom stereocenters. The van der Waals surface area contributed by atoms with Crippen LogP contribution in [0.5, 0.6) is 0 Å². The number of benzene rings is 2. The van der Waals surface area contributed by atoms with E-state index in [4.69, 9.17) is 11.6 Å². The molecule has 25 heavy (non-hydrogen) atoms. The zero-order chi connectivity index (χ0) is 17.2. The van der Waals surface area contributed by atoms with Crippen molar-refractivity contribution in [3.05, 3.63) is 88.1 Å².